The molecule has 6 heteroatoms. The maximum Gasteiger partial charge on any atom is 0.206 e. The number of hydrogen-bond donors (Lipinski definition) is 2. The van der Waals surface area contributed by atoms with Crippen LogP contribution in [0.25, 0.3) is 0 Å². The Morgan fingerprint density at radius 2 is 0.875 bits per heavy atom. The maximum absolute atomic E-state index is 12.1. The second-order valence-corrected chi connectivity index (χ2v) is 8.90. The van der Waals surface area contributed by atoms with Gasteiger partial charge in [0, 0.05) is 0 Å². The lowest BCUT2D eigenvalue weighted by atomic mass is 10.2. The van der Waals surface area contributed by atoms with Gasteiger partial charge >= 0.3 is 0 Å². The monoisotopic (exact) mass is 448 g/mol. The maximum atomic E-state index is 12.1. The Morgan fingerprint density at radius 3 is 1.22 bits per heavy atom. The number of hydrogen-bond acceptors (Lipinski definition) is 5. The van der Waals surface area contributed by atoms with Crippen molar-refractivity contribution in [3.63, 3.8) is 0 Å². The molecular weight excluding hydrogens is 424 g/mol. The summed E-state index contributed by atoms with van der Waals surface area (Å²) in [6, 6.07) is 31.0. The minimum absolute atomic E-state index is 0.00894. The summed E-state index contributed by atoms with van der Waals surface area (Å²) >= 11 is 0. The van der Waals surface area contributed by atoms with Crippen molar-refractivity contribution < 1.29 is 23.4 Å². The van der Waals surface area contributed by atoms with Crippen LogP contribution in [0.5, 0.6) is 11.5 Å². The molecule has 0 amide bonds. The highest BCUT2D eigenvalue weighted by atomic mass is 32.2. The zero-order valence-electron chi connectivity index (χ0n) is 17.3. The summed E-state index contributed by atoms with van der Waals surface area (Å²) < 4.78 is 29.8. The largest absolute Gasteiger partial charge is 0.508 e. The SMILES string of the molecule is O=S(=O)(c1ccc(O)cc1)c1ccc(O)cc1.c1ccc(COCc2ccccc2)cc1. The number of ether oxygens (including phenoxy) is 1. The number of sulfone groups is 1. The van der Waals surface area contributed by atoms with Crippen LogP contribution in [-0.4, -0.2) is 18.6 Å². The summed E-state index contributed by atoms with van der Waals surface area (Å²) in [5.41, 5.74) is 2.43. The highest BCUT2D eigenvalue weighted by Crippen LogP contribution is 2.23. The predicted octanol–water partition coefficient (Wildman–Crippen LogP) is 5.33. The predicted molar refractivity (Wildman–Crippen MR) is 123 cm³/mol. The van der Waals surface area contributed by atoms with Crippen molar-refractivity contribution in [2.45, 2.75) is 23.0 Å². The summed E-state index contributed by atoms with van der Waals surface area (Å²) in [6.07, 6.45) is 0. The third-order valence-corrected chi connectivity index (χ3v) is 6.30. The zero-order chi connectivity index (χ0) is 22.8. The van der Waals surface area contributed by atoms with Gasteiger partial charge in [-0.2, -0.15) is 0 Å². The third kappa shape index (κ3) is 6.70. The lowest BCUT2D eigenvalue weighted by Crippen LogP contribution is -2.01. The minimum Gasteiger partial charge on any atom is -0.508 e. The third-order valence-electron chi connectivity index (χ3n) is 4.52. The molecular formula is C26H24O5S. The molecule has 0 saturated carbocycles. The first-order chi connectivity index (χ1) is 15.4. The van der Waals surface area contributed by atoms with E-state index in [1.165, 1.54) is 59.7 Å². The molecule has 32 heavy (non-hydrogen) atoms. The quantitative estimate of drug-likeness (QED) is 0.416. The van der Waals surface area contributed by atoms with E-state index in [-0.39, 0.29) is 21.3 Å². The smallest absolute Gasteiger partial charge is 0.206 e. The first-order valence-electron chi connectivity index (χ1n) is 9.94. The molecule has 4 aromatic carbocycles. The Labute approximate surface area is 188 Å². The second kappa shape index (κ2) is 11.1. The fraction of sp³-hybridized carbons (Fsp3) is 0.0769. The molecule has 0 unspecified atom stereocenters. The fourth-order valence-corrected chi connectivity index (χ4v) is 4.08. The van der Waals surface area contributed by atoms with Gasteiger partial charge < -0.3 is 14.9 Å². The van der Waals surface area contributed by atoms with E-state index < -0.39 is 9.84 Å². The molecule has 5 nitrogen and oxygen atoms in total. The number of phenolic OH excluding ortho intramolecular Hbond substituents is 2. The van der Waals surface area contributed by atoms with E-state index in [9.17, 15) is 8.42 Å². The summed E-state index contributed by atoms with van der Waals surface area (Å²) in [7, 11) is -3.59. The topological polar surface area (TPSA) is 83.8 Å². The number of benzene rings is 4. The Morgan fingerprint density at radius 1 is 0.531 bits per heavy atom. The van der Waals surface area contributed by atoms with Crippen molar-refractivity contribution in [1.82, 2.24) is 0 Å². The van der Waals surface area contributed by atoms with Crippen LogP contribution in [0.2, 0.25) is 0 Å². The van der Waals surface area contributed by atoms with Crippen LogP contribution < -0.4 is 0 Å². The molecule has 0 fully saturated rings. The number of phenols is 2. The summed E-state index contributed by atoms with van der Waals surface area (Å²) in [5, 5.41) is 18.2. The lowest BCUT2D eigenvalue weighted by Gasteiger charge is -2.04. The van der Waals surface area contributed by atoms with Gasteiger partial charge in [0.25, 0.3) is 0 Å². The van der Waals surface area contributed by atoms with Crippen LogP contribution in [0, 0.1) is 0 Å². The van der Waals surface area contributed by atoms with Crippen molar-refractivity contribution in [1.29, 1.82) is 0 Å². The second-order valence-electron chi connectivity index (χ2n) is 6.96. The molecule has 0 bridgehead atoms. The molecule has 0 radical (unpaired) electrons. The van der Waals surface area contributed by atoms with E-state index >= 15 is 0 Å². The van der Waals surface area contributed by atoms with Gasteiger partial charge in [-0.05, 0) is 59.7 Å². The van der Waals surface area contributed by atoms with Crippen molar-refractivity contribution >= 4 is 9.84 Å². The molecule has 0 saturated heterocycles. The minimum atomic E-state index is -3.59. The van der Waals surface area contributed by atoms with E-state index in [4.69, 9.17) is 14.9 Å². The average molecular weight is 449 g/mol. The molecule has 0 heterocycles. The van der Waals surface area contributed by atoms with E-state index in [1.54, 1.807) is 0 Å². The van der Waals surface area contributed by atoms with Gasteiger partial charge in [-0.3, -0.25) is 0 Å². The highest BCUT2D eigenvalue weighted by Gasteiger charge is 2.17. The van der Waals surface area contributed by atoms with Crippen molar-refractivity contribution in [2.24, 2.45) is 0 Å². The average Bonchev–Trinajstić information content (AvgIpc) is 2.82. The first-order valence-corrected chi connectivity index (χ1v) is 11.4. The Hall–Kier alpha value is -3.61. The van der Waals surface area contributed by atoms with Crippen LogP contribution in [-0.2, 0) is 27.8 Å². The van der Waals surface area contributed by atoms with Crippen molar-refractivity contribution in [3.8, 4) is 11.5 Å². The highest BCUT2D eigenvalue weighted by molar-refractivity contribution is 7.91. The molecule has 2 N–H and O–H groups in total. The normalized spacial score (nSPS) is 10.8. The summed E-state index contributed by atoms with van der Waals surface area (Å²) in [4.78, 5) is 0.196. The molecule has 0 aliphatic heterocycles. The Bertz CT molecular complexity index is 1100. The van der Waals surface area contributed by atoms with E-state index in [0.29, 0.717) is 13.2 Å². The van der Waals surface area contributed by atoms with Crippen molar-refractivity contribution in [3.05, 3.63) is 120 Å². The first kappa shape index (κ1) is 23.1. The zero-order valence-corrected chi connectivity index (χ0v) is 18.2. The Kier molecular flexibility index (Phi) is 8.02. The molecule has 0 aliphatic carbocycles. The molecule has 164 valence electrons. The number of rotatable bonds is 6. The molecule has 0 aliphatic rings. The Balaban J connectivity index is 0.000000182. The summed E-state index contributed by atoms with van der Waals surface area (Å²) in [6.45, 7) is 1.35. The van der Waals surface area contributed by atoms with Crippen molar-refractivity contribution in [2.75, 3.05) is 0 Å². The van der Waals surface area contributed by atoms with Gasteiger partial charge in [0.1, 0.15) is 11.5 Å². The molecule has 0 atom stereocenters. The molecule has 0 spiro atoms. The van der Waals surface area contributed by atoms with Crippen LogP contribution >= 0.6 is 0 Å². The van der Waals surface area contributed by atoms with Gasteiger partial charge in [0.05, 0.1) is 23.0 Å². The van der Waals surface area contributed by atoms with Crippen LogP contribution in [0.1, 0.15) is 11.1 Å². The molecule has 0 aromatic heterocycles. The van der Waals surface area contributed by atoms with Gasteiger partial charge in [0.15, 0.2) is 0 Å². The molecule has 4 rings (SSSR count). The van der Waals surface area contributed by atoms with E-state index in [2.05, 4.69) is 24.3 Å². The van der Waals surface area contributed by atoms with Crippen LogP contribution in [0.15, 0.2) is 119 Å². The molecule has 4 aromatic rings. The summed E-state index contributed by atoms with van der Waals surface area (Å²) in [5.74, 6) is 0.0179. The van der Waals surface area contributed by atoms with Crippen LogP contribution in [0.3, 0.4) is 0 Å². The van der Waals surface area contributed by atoms with Gasteiger partial charge in [0.2, 0.25) is 9.84 Å². The number of aromatic hydroxyl groups is 2. The van der Waals surface area contributed by atoms with Gasteiger partial charge in [-0.1, -0.05) is 60.7 Å². The lowest BCUT2D eigenvalue weighted by molar-refractivity contribution is 0.107. The standard InChI is InChI=1S/C14H14O.C12H10O4S/c1-3-7-13(8-4-1)11-15-12-14-9-5-2-6-10-14;13-9-1-5-11(6-2-9)17(15,16)12-7-3-10(14)4-8-12/h1-10H,11-12H2;1-8,13-14H. The van der Waals surface area contributed by atoms with E-state index in [0.717, 1.165) is 0 Å². The van der Waals surface area contributed by atoms with Crippen LogP contribution in [0.4, 0.5) is 0 Å². The van der Waals surface area contributed by atoms with Gasteiger partial charge in [-0.25, -0.2) is 8.42 Å². The van der Waals surface area contributed by atoms with E-state index in [1.807, 2.05) is 36.4 Å². The fourth-order valence-electron chi connectivity index (χ4n) is 2.82. The van der Waals surface area contributed by atoms with Gasteiger partial charge in [-0.15, -0.1) is 0 Å².